The van der Waals surface area contributed by atoms with E-state index in [-0.39, 0.29) is 0 Å². The molecular weight excluding hydrogens is 322 g/mol. The highest BCUT2D eigenvalue weighted by Gasteiger charge is 2.32. The first-order valence-corrected chi connectivity index (χ1v) is 11.3. The molecule has 1 saturated carbocycles. The van der Waals surface area contributed by atoms with Crippen LogP contribution < -0.4 is 0 Å². The smallest absolute Gasteiger partial charge is 0.0605 e. The number of nitrogens with zero attached hydrogens (tertiary/aromatic N) is 3. The van der Waals surface area contributed by atoms with Crippen LogP contribution in [0.1, 0.15) is 59.8 Å². The molecule has 0 spiro atoms. The van der Waals surface area contributed by atoms with E-state index >= 15 is 0 Å². The Kier molecular flexibility index (Phi) is 9.90. The van der Waals surface area contributed by atoms with Gasteiger partial charge in [-0.15, -0.1) is 0 Å². The molecule has 0 N–H and O–H groups in total. The van der Waals surface area contributed by atoms with Gasteiger partial charge in [0.2, 0.25) is 0 Å². The van der Waals surface area contributed by atoms with Gasteiger partial charge in [0.15, 0.2) is 0 Å². The molecule has 0 aromatic carbocycles. The third kappa shape index (κ3) is 7.46. The topological polar surface area (TPSA) is 19.0 Å². The maximum absolute atomic E-state index is 6.12. The van der Waals surface area contributed by atoms with E-state index in [0.717, 1.165) is 31.0 Å². The van der Waals surface area contributed by atoms with Crippen molar-refractivity contribution in [3.8, 4) is 0 Å². The maximum atomic E-state index is 6.12. The van der Waals surface area contributed by atoms with Crippen LogP contribution in [-0.4, -0.2) is 86.3 Å². The van der Waals surface area contributed by atoms with Crippen LogP contribution in [0, 0.1) is 11.8 Å². The molecule has 0 aromatic heterocycles. The van der Waals surface area contributed by atoms with Crippen molar-refractivity contribution in [3.05, 3.63) is 0 Å². The fraction of sp³-hybridized carbons (Fsp3) is 1.00. The molecule has 1 saturated heterocycles. The second-order valence-electron chi connectivity index (χ2n) is 9.16. The largest absolute Gasteiger partial charge is 0.377 e. The average Bonchev–Trinajstić information content (AvgIpc) is 2.57. The zero-order valence-corrected chi connectivity index (χ0v) is 18.3. The van der Waals surface area contributed by atoms with Crippen molar-refractivity contribution in [3.63, 3.8) is 0 Å². The van der Waals surface area contributed by atoms with Crippen LogP contribution in [-0.2, 0) is 4.74 Å². The summed E-state index contributed by atoms with van der Waals surface area (Å²) < 4.78 is 6.12. The Morgan fingerprint density at radius 3 is 2.27 bits per heavy atom. The molecule has 0 bridgehead atoms. The van der Waals surface area contributed by atoms with Crippen molar-refractivity contribution in [2.24, 2.45) is 11.8 Å². The van der Waals surface area contributed by atoms with Crippen molar-refractivity contribution < 1.29 is 4.74 Å². The molecule has 1 aliphatic heterocycles. The van der Waals surface area contributed by atoms with Gasteiger partial charge in [0.05, 0.1) is 12.7 Å². The highest BCUT2D eigenvalue weighted by atomic mass is 16.5. The second kappa shape index (κ2) is 11.6. The predicted molar refractivity (Wildman–Crippen MR) is 112 cm³/mol. The van der Waals surface area contributed by atoms with Crippen LogP contribution >= 0.6 is 0 Å². The average molecular weight is 368 g/mol. The zero-order chi connectivity index (χ0) is 18.9. The van der Waals surface area contributed by atoms with E-state index in [1.54, 1.807) is 0 Å². The standard InChI is InChI=1S/C22H45N3O/c1-6-8-20(7-2)18-25-11-9-24(10-12-25)13-14-26-22-15-21(16-22)23(5)17-19(3)4/h19-22H,6-18H2,1-5H3. The third-order valence-electron chi connectivity index (χ3n) is 6.36. The van der Waals surface area contributed by atoms with Gasteiger partial charge in [-0.05, 0) is 38.1 Å². The lowest BCUT2D eigenvalue weighted by Crippen LogP contribution is -2.50. The molecule has 1 heterocycles. The molecule has 4 nitrogen and oxygen atoms in total. The van der Waals surface area contributed by atoms with Crippen LogP contribution in [0.2, 0.25) is 0 Å². The Labute approximate surface area is 163 Å². The van der Waals surface area contributed by atoms with E-state index in [1.165, 1.54) is 71.4 Å². The Morgan fingerprint density at radius 2 is 1.69 bits per heavy atom. The van der Waals surface area contributed by atoms with Crippen LogP contribution in [0.5, 0.6) is 0 Å². The lowest BCUT2D eigenvalue weighted by Gasteiger charge is -2.42. The number of hydrogen-bond donors (Lipinski definition) is 0. The number of ether oxygens (including phenoxy) is 1. The molecule has 4 heteroatoms. The normalized spacial score (nSPS) is 26.4. The first-order valence-electron chi connectivity index (χ1n) is 11.3. The second-order valence-corrected chi connectivity index (χ2v) is 9.16. The number of piperazine rings is 1. The summed E-state index contributed by atoms with van der Waals surface area (Å²) in [4.78, 5) is 7.80. The summed E-state index contributed by atoms with van der Waals surface area (Å²) in [6.07, 6.45) is 7.01. The number of hydrogen-bond acceptors (Lipinski definition) is 4. The van der Waals surface area contributed by atoms with Gasteiger partial charge in [0.25, 0.3) is 0 Å². The van der Waals surface area contributed by atoms with Crippen LogP contribution in [0.25, 0.3) is 0 Å². The number of rotatable bonds is 12. The van der Waals surface area contributed by atoms with Crippen molar-refractivity contribution in [2.75, 3.05) is 59.5 Å². The fourth-order valence-electron chi connectivity index (χ4n) is 4.50. The monoisotopic (exact) mass is 367 g/mol. The van der Waals surface area contributed by atoms with Gasteiger partial charge in [0.1, 0.15) is 0 Å². The highest BCUT2D eigenvalue weighted by Crippen LogP contribution is 2.28. The SMILES string of the molecule is CCCC(CC)CN1CCN(CCOC2CC(N(C)CC(C)C)C2)CC1. The molecule has 154 valence electrons. The summed E-state index contributed by atoms with van der Waals surface area (Å²) in [6.45, 7) is 18.7. The maximum Gasteiger partial charge on any atom is 0.0605 e. The third-order valence-corrected chi connectivity index (χ3v) is 6.36. The van der Waals surface area contributed by atoms with E-state index in [0.29, 0.717) is 6.10 Å². The van der Waals surface area contributed by atoms with E-state index in [1.807, 2.05) is 0 Å². The molecule has 1 atom stereocenters. The minimum atomic E-state index is 0.509. The lowest BCUT2D eigenvalue weighted by molar-refractivity contribution is -0.0543. The predicted octanol–water partition coefficient (Wildman–Crippen LogP) is 3.57. The Bertz CT molecular complexity index is 362. The van der Waals surface area contributed by atoms with Crippen LogP contribution in [0.15, 0.2) is 0 Å². The van der Waals surface area contributed by atoms with E-state index in [4.69, 9.17) is 4.74 Å². The lowest BCUT2D eigenvalue weighted by atomic mass is 9.87. The Morgan fingerprint density at radius 1 is 1.04 bits per heavy atom. The summed E-state index contributed by atoms with van der Waals surface area (Å²) in [5.41, 5.74) is 0. The highest BCUT2D eigenvalue weighted by molar-refractivity contribution is 4.87. The minimum Gasteiger partial charge on any atom is -0.377 e. The van der Waals surface area contributed by atoms with Gasteiger partial charge >= 0.3 is 0 Å². The van der Waals surface area contributed by atoms with Gasteiger partial charge in [-0.3, -0.25) is 4.90 Å². The quantitative estimate of drug-likeness (QED) is 0.525. The zero-order valence-electron chi connectivity index (χ0n) is 18.3. The van der Waals surface area contributed by atoms with Crippen molar-refractivity contribution in [2.45, 2.75) is 71.9 Å². The molecule has 0 aromatic rings. The van der Waals surface area contributed by atoms with Gasteiger partial charge < -0.3 is 14.5 Å². The Balaban J connectivity index is 1.51. The molecular formula is C22H45N3O. The molecule has 1 aliphatic carbocycles. The van der Waals surface area contributed by atoms with Crippen molar-refractivity contribution >= 4 is 0 Å². The minimum absolute atomic E-state index is 0.509. The molecule has 2 aliphatic rings. The van der Waals surface area contributed by atoms with Gasteiger partial charge in [-0.1, -0.05) is 40.5 Å². The molecule has 2 rings (SSSR count). The van der Waals surface area contributed by atoms with Crippen molar-refractivity contribution in [1.29, 1.82) is 0 Å². The molecule has 2 fully saturated rings. The van der Waals surface area contributed by atoms with Gasteiger partial charge in [-0.25, -0.2) is 0 Å². The molecule has 0 radical (unpaired) electrons. The first kappa shape index (κ1) is 22.1. The van der Waals surface area contributed by atoms with Crippen LogP contribution in [0.3, 0.4) is 0 Å². The molecule has 26 heavy (non-hydrogen) atoms. The summed E-state index contributed by atoms with van der Waals surface area (Å²) in [6, 6.07) is 0.751. The van der Waals surface area contributed by atoms with Gasteiger partial charge in [0, 0.05) is 51.9 Å². The first-order chi connectivity index (χ1) is 12.5. The Hall–Kier alpha value is -0.160. The van der Waals surface area contributed by atoms with E-state index < -0.39 is 0 Å². The van der Waals surface area contributed by atoms with E-state index in [2.05, 4.69) is 49.4 Å². The summed E-state index contributed by atoms with van der Waals surface area (Å²) in [5.74, 6) is 1.66. The van der Waals surface area contributed by atoms with Crippen LogP contribution in [0.4, 0.5) is 0 Å². The molecule has 0 amide bonds. The summed E-state index contributed by atoms with van der Waals surface area (Å²) in [5, 5.41) is 0. The van der Waals surface area contributed by atoms with Crippen molar-refractivity contribution in [1.82, 2.24) is 14.7 Å². The van der Waals surface area contributed by atoms with E-state index in [9.17, 15) is 0 Å². The van der Waals surface area contributed by atoms with Gasteiger partial charge in [-0.2, -0.15) is 0 Å². The molecule has 1 unspecified atom stereocenters. The fourth-order valence-corrected chi connectivity index (χ4v) is 4.50. The summed E-state index contributed by atoms with van der Waals surface area (Å²) in [7, 11) is 2.27. The summed E-state index contributed by atoms with van der Waals surface area (Å²) >= 11 is 0.